The molecule has 1 atom stereocenters. The lowest BCUT2D eigenvalue weighted by molar-refractivity contribution is 0.0942. The van der Waals surface area contributed by atoms with E-state index >= 15 is 0 Å². The average molecular weight is 252 g/mol. The van der Waals surface area contributed by atoms with E-state index in [2.05, 4.69) is 5.32 Å². The van der Waals surface area contributed by atoms with E-state index in [1.54, 1.807) is 18.2 Å². The summed E-state index contributed by atoms with van der Waals surface area (Å²) in [7, 11) is 0. The summed E-state index contributed by atoms with van der Waals surface area (Å²) in [5.74, 6) is 0.391. The number of aliphatic hydroxyl groups is 1. The molecule has 18 heavy (non-hydrogen) atoms. The van der Waals surface area contributed by atoms with Gasteiger partial charge >= 0.3 is 0 Å². The molecule has 0 fully saturated rings. The lowest BCUT2D eigenvalue weighted by atomic mass is 10.1. The average Bonchev–Trinajstić information content (AvgIpc) is 2.35. The van der Waals surface area contributed by atoms with Crippen molar-refractivity contribution in [3.8, 4) is 5.75 Å². The molecule has 1 unspecified atom stereocenters. The van der Waals surface area contributed by atoms with Crippen molar-refractivity contribution in [1.29, 1.82) is 0 Å². The third-order valence-electron chi connectivity index (χ3n) is 2.42. The first-order valence-corrected chi connectivity index (χ1v) is 5.99. The number of hydrogen-bond acceptors (Lipinski definition) is 4. The van der Waals surface area contributed by atoms with Crippen LogP contribution in [-0.4, -0.2) is 30.8 Å². The third kappa shape index (κ3) is 4.25. The second-order valence-electron chi connectivity index (χ2n) is 4.22. The molecule has 4 N–H and O–H groups in total. The Morgan fingerprint density at radius 3 is 2.83 bits per heavy atom. The van der Waals surface area contributed by atoms with Crippen LogP contribution in [0, 0.1) is 5.92 Å². The van der Waals surface area contributed by atoms with Gasteiger partial charge in [-0.3, -0.25) is 4.79 Å². The Balaban J connectivity index is 2.72. The summed E-state index contributed by atoms with van der Waals surface area (Å²) in [6.07, 6.45) is 0. The molecular weight excluding hydrogens is 232 g/mol. The SMILES string of the molecule is CCOc1cc(N)cc(C(=O)NCC(C)CO)c1. The van der Waals surface area contributed by atoms with Crippen molar-refractivity contribution in [2.45, 2.75) is 13.8 Å². The van der Waals surface area contributed by atoms with Gasteiger partial charge in [-0.15, -0.1) is 0 Å². The summed E-state index contributed by atoms with van der Waals surface area (Å²) >= 11 is 0. The molecule has 0 aliphatic rings. The van der Waals surface area contributed by atoms with Crippen LogP contribution in [0.4, 0.5) is 5.69 Å². The molecule has 0 spiro atoms. The van der Waals surface area contributed by atoms with E-state index in [1.807, 2.05) is 13.8 Å². The second kappa shape index (κ2) is 6.86. The Morgan fingerprint density at radius 2 is 2.22 bits per heavy atom. The molecule has 1 aromatic carbocycles. The normalized spacial score (nSPS) is 11.9. The maximum Gasteiger partial charge on any atom is 0.251 e. The zero-order chi connectivity index (χ0) is 13.5. The highest BCUT2D eigenvalue weighted by atomic mass is 16.5. The van der Waals surface area contributed by atoms with Crippen LogP contribution in [0.5, 0.6) is 5.75 Å². The van der Waals surface area contributed by atoms with Crippen LogP contribution in [0.25, 0.3) is 0 Å². The molecule has 0 aliphatic heterocycles. The van der Waals surface area contributed by atoms with Crippen LogP contribution in [-0.2, 0) is 0 Å². The molecule has 1 aromatic rings. The highest BCUT2D eigenvalue weighted by Crippen LogP contribution is 2.18. The van der Waals surface area contributed by atoms with Crippen molar-refractivity contribution in [3.05, 3.63) is 23.8 Å². The molecule has 100 valence electrons. The van der Waals surface area contributed by atoms with Crippen LogP contribution in [0.2, 0.25) is 0 Å². The van der Waals surface area contributed by atoms with Crippen molar-refractivity contribution in [2.24, 2.45) is 5.92 Å². The molecule has 0 radical (unpaired) electrons. The highest BCUT2D eigenvalue weighted by molar-refractivity contribution is 5.95. The molecule has 1 amide bonds. The van der Waals surface area contributed by atoms with Crippen LogP contribution < -0.4 is 15.8 Å². The van der Waals surface area contributed by atoms with E-state index in [-0.39, 0.29) is 18.4 Å². The molecule has 0 saturated carbocycles. The quantitative estimate of drug-likeness (QED) is 0.660. The lowest BCUT2D eigenvalue weighted by Gasteiger charge is -2.11. The Labute approximate surface area is 107 Å². The van der Waals surface area contributed by atoms with Gasteiger partial charge in [-0.2, -0.15) is 0 Å². The number of ether oxygens (including phenoxy) is 1. The highest BCUT2D eigenvalue weighted by Gasteiger charge is 2.09. The van der Waals surface area contributed by atoms with Gasteiger partial charge in [-0.05, 0) is 25.0 Å². The molecule has 5 nitrogen and oxygen atoms in total. The van der Waals surface area contributed by atoms with Gasteiger partial charge in [0.1, 0.15) is 5.75 Å². The number of rotatable bonds is 6. The van der Waals surface area contributed by atoms with E-state index in [0.717, 1.165) is 0 Å². The van der Waals surface area contributed by atoms with E-state index in [4.69, 9.17) is 15.6 Å². The summed E-state index contributed by atoms with van der Waals surface area (Å²) < 4.78 is 5.32. The first kappa shape index (κ1) is 14.3. The molecule has 5 heteroatoms. The maximum atomic E-state index is 11.9. The van der Waals surface area contributed by atoms with E-state index in [0.29, 0.717) is 30.2 Å². The summed E-state index contributed by atoms with van der Waals surface area (Å²) in [5, 5.41) is 11.6. The van der Waals surface area contributed by atoms with Crippen molar-refractivity contribution in [1.82, 2.24) is 5.32 Å². The molecular formula is C13H20N2O3. The van der Waals surface area contributed by atoms with Crippen molar-refractivity contribution in [2.75, 3.05) is 25.5 Å². The predicted molar refractivity (Wildman–Crippen MR) is 70.6 cm³/mol. The molecule has 1 rings (SSSR count). The number of benzene rings is 1. The summed E-state index contributed by atoms with van der Waals surface area (Å²) in [5.41, 5.74) is 6.66. The fourth-order valence-corrected chi connectivity index (χ4v) is 1.44. The number of aliphatic hydroxyl groups excluding tert-OH is 1. The predicted octanol–water partition coefficient (Wildman–Crippen LogP) is 1.03. The number of nitrogens with two attached hydrogens (primary N) is 1. The van der Waals surface area contributed by atoms with E-state index < -0.39 is 0 Å². The minimum absolute atomic E-state index is 0.0290. The van der Waals surface area contributed by atoms with Crippen molar-refractivity contribution < 1.29 is 14.6 Å². The number of nitrogens with one attached hydrogen (secondary N) is 1. The largest absolute Gasteiger partial charge is 0.494 e. The van der Waals surface area contributed by atoms with Gasteiger partial charge in [0, 0.05) is 30.5 Å². The van der Waals surface area contributed by atoms with Crippen LogP contribution >= 0.6 is 0 Å². The Kier molecular flexibility index (Phi) is 5.45. The fraction of sp³-hybridized carbons (Fsp3) is 0.462. The first-order chi connectivity index (χ1) is 8.56. The first-order valence-electron chi connectivity index (χ1n) is 5.99. The molecule has 0 heterocycles. The second-order valence-corrected chi connectivity index (χ2v) is 4.22. The Morgan fingerprint density at radius 1 is 1.50 bits per heavy atom. The molecule has 0 saturated heterocycles. The Hall–Kier alpha value is -1.75. The van der Waals surface area contributed by atoms with Gasteiger partial charge in [-0.25, -0.2) is 0 Å². The van der Waals surface area contributed by atoms with Crippen molar-refractivity contribution in [3.63, 3.8) is 0 Å². The minimum Gasteiger partial charge on any atom is -0.494 e. The standard InChI is InChI=1S/C13H20N2O3/c1-3-18-12-5-10(4-11(14)6-12)13(17)15-7-9(2)8-16/h4-6,9,16H,3,7-8,14H2,1-2H3,(H,15,17). The van der Waals surface area contributed by atoms with Crippen LogP contribution in [0.1, 0.15) is 24.2 Å². The zero-order valence-corrected chi connectivity index (χ0v) is 10.8. The topological polar surface area (TPSA) is 84.6 Å². The van der Waals surface area contributed by atoms with Gasteiger partial charge in [0.25, 0.3) is 5.91 Å². The van der Waals surface area contributed by atoms with Crippen molar-refractivity contribution >= 4 is 11.6 Å². The molecule has 0 aromatic heterocycles. The molecule has 0 aliphatic carbocycles. The van der Waals surface area contributed by atoms with E-state index in [9.17, 15) is 4.79 Å². The van der Waals surface area contributed by atoms with Crippen LogP contribution in [0.15, 0.2) is 18.2 Å². The van der Waals surface area contributed by atoms with Gasteiger partial charge in [-0.1, -0.05) is 6.92 Å². The zero-order valence-electron chi connectivity index (χ0n) is 10.8. The summed E-state index contributed by atoms with van der Waals surface area (Å²) in [4.78, 5) is 11.9. The van der Waals surface area contributed by atoms with Gasteiger partial charge in [0.15, 0.2) is 0 Å². The number of carbonyl (C=O) groups is 1. The minimum atomic E-state index is -0.219. The number of hydrogen-bond donors (Lipinski definition) is 3. The van der Waals surface area contributed by atoms with Gasteiger partial charge in [0.2, 0.25) is 0 Å². The smallest absolute Gasteiger partial charge is 0.251 e. The van der Waals surface area contributed by atoms with E-state index in [1.165, 1.54) is 0 Å². The fourth-order valence-electron chi connectivity index (χ4n) is 1.44. The Bertz CT molecular complexity index is 407. The summed E-state index contributed by atoms with van der Waals surface area (Å²) in [6.45, 7) is 4.71. The maximum absolute atomic E-state index is 11.9. The summed E-state index contributed by atoms with van der Waals surface area (Å²) in [6, 6.07) is 4.93. The van der Waals surface area contributed by atoms with Crippen LogP contribution in [0.3, 0.4) is 0 Å². The number of amides is 1. The number of carbonyl (C=O) groups excluding carboxylic acids is 1. The number of anilines is 1. The lowest BCUT2D eigenvalue weighted by Crippen LogP contribution is -2.29. The van der Waals surface area contributed by atoms with Gasteiger partial charge < -0.3 is 20.9 Å². The third-order valence-corrected chi connectivity index (χ3v) is 2.42. The monoisotopic (exact) mass is 252 g/mol. The molecule has 0 bridgehead atoms. The number of nitrogen functional groups attached to an aromatic ring is 1. The van der Waals surface area contributed by atoms with Gasteiger partial charge in [0.05, 0.1) is 6.61 Å².